The molecule has 0 aromatic heterocycles. The summed E-state index contributed by atoms with van der Waals surface area (Å²) in [7, 11) is -3.82. The van der Waals surface area contributed by atoms with Crippen molar-refractivity contribution in [1.82, 2.24) is 4.31 Å². The van der Waals surface area contributed by atoms with Crippen molar-refractivity contribution in [3.8, 4) is 11.5 Å². The van der Waals surface area contributed by atoms with Gasteiger partial charge in [-0.3, -0.25) is 4.79 Å². The normalized spacial score (nSPS) is 16.7. The Kier molecular flexibility index (Phi) is 7.73. The summed E-state index contributed by atoms with van der Waals surface area (Å²) in [5.41, 5.74) is 0.0269. The van der Waals surface area contributed by atoms with E-state index in [1.54, 1.807) is 18.2 Å². The molecule has 36 heavy (non-hydrogen) atoms. The molecule has 1 aliphatic heterocycles. The number of rotatable bonds is 8. The SMILES string of the molecule is O=C(CCc1cccc(Oc2ccc(C(F)(F)F)cc2)c1)[C@@H]1CCCN1S(=O)(=O)c1ccc(Cl)cc1. The molecule has 0 radical (unpaired) electrons. The van der Waals surface area contributed by atoms with Crippen LogP contribution in [0.15, 0.2) is 77.7 Å². The summed E-state index contributed by atoms with van der Waals surface area (Å²) in [6.07, 6.45) is -2.86. The van der Waals surface area contributed by atoms with E-state index < -0.39 is 27.8 Å². The number of nitrogens with zero attached hydrogens (tertiary/aromatic N) is 1. The molecule has 0 unspecified atom stereocenters. The van der Waals surface area contributed by atoms with Crippen molar-refractivity contribution in [2.24, 2.45) is 0 Å². The molecule has 4 rings (SSSR count). The fourth-order valence-corrected chi connectivity index (χ4v) is 5.94. The largest absolute Gasteiger partial charge is 0.457 e. The first-order chi connectivity index (χ1) is 17.0. The molecule has 1 saturated heterocycles. The maximum atomic E-state index is 13.1. The van der Waals surface area contributed by atoms with Gasteiger partial charge in [-0.15, -0.1) is 0 Å². The summed E-state index contributed by atoms with van der Waals surface area (Å²) >= 11 is 5.87. The van der Waals surface area contributed by atoms with Gasteiger partial charge in [0, 0.05) is 18.0 Å². The molecule has 3 aromatic carbocycles. The number of ether oxygens (including phenoxy) is 1. The van der Waals surface area contributed by atoms with Gasteiger partial charge >= 0.3 is 6.18 Å². The summed E-state index contributed by atoms with van der Waals surface area (Å²) in [4.78, 5) is 13.1. The minimum atomic E-state index is -4.42. The quantitative estimate of drug-likeness (QED) is 0.329. The van der Waals surface area contributed by atoms with Crippen LogP contribution in [0.4, 0.5) is 13.2 Å². The molecule has 0 spiro atoms. The predicted octanol–water partition coefficient (Wildman–Crippen LogP) is 6.51. The maximum absolute atomic E-state index is 13.1. The van der Waals surface area contributed by atoms with Crippen LogP contribution < -0.4 is 4.74 Å². The van der Waals surface area contributed by atoms with E-state index in [0.29, 0.717) is 30.0 Å². The van der Waals surface area contributed by atoms with Crippen molar-refractivity contribution < 1.29 is 31.1 Å². The van der Waals surface area contributed by atoms with Gasteiger partial charge in [0.1, 0.15) is 11.5 Å². The lowest BCUT2D eigenvalue weighted by atomic mass is 10.0. The number of hydrogen-bond donors (Lipinski definition) is 0. The van der Waals surface area contributed by atoms with Crippen molar-refractivity contribution in [3.63, 3.8) is 0 Å². The topological polar surface area (TPSA) is 63.7 Å². The monoisotopic (exact) mass is 537 g/mol. The molecule has 3 aromatic rings. The van der Waals surface area contributed by atoms with Crippen molar-refractivity contribution in [2.75, 3.05) is 6.54 Å². The molecule has 0 bridgehead atoms. The van der Waals surface area contributed by atoms with Crippen LogP contribution in [0.5, 0.6) is 11.5 Å². The summed E-state index contributed by atoms with van der Waals surface area (Å²) in [5, 5.41) is 0.424. The van der Waals surface area contributed by atoms with Gasteiger partial charge in [-0.2, -0.15) is 17.5 Å². The van der Waals surface area contributed by atoms with E-state index in [9.17, 15) is 26.4 Å². The zero-order valence-corrected chi connectivity index (χ0v) is 20.6. The first-order valence-electron chi connectivity index (χ1n) is 11.3. The Morgan fingerprint density at radius 1 is 1.00 bits per heavy atom. The van der Waals surface area contributed by atoms with E-state index in [4.69, 9.17) is 16.3 Å². The van der Waals surface area contributed by atoms with Crippen LogP contribution >= 0.6 is 11.6 Å². The molecule has 1 heterocycles. The molecule has 0 N–H and O–H groups in total. The van der Waals surface area contributed by atoms with E-state index in [0.717, 1.165) is 17.7 Å². The second-order valence-electron chi connectivity index (χ2n) is 8.47. The molecule has 5 nitrogen and oxygen atoms in total. The van der Waals surface area contributed by atoms with Gasteiger partial charge in [0.15, 0.2) is 5.78 Å². The average Bonchev–Trinajstić information content (AvgIpc) is 3.34. The van der Waals surface area contributed by atoms with Crippen LogP contribution in [0.2, 0.25) is 5.02 Å². The lowest BCUT2D eigenvalue weighted by molar-refractivity contribution is -0.137. The average molecular weight is 538 g/mol. The minimum absolute atomic E-state index is 0.0970. The molecule has 1 fully saturated rings. The standard InChI is InChI=1S/C26H23ClF3NO4S/c27-20-9-13-23(14-10-20)36(33,34)31-16-2-5-24(31)25(32)15-6-18-3-1-4-22(17-18)35-21-11-7-19(8-12-21)26(28,29)30/h1,3-4,7-14,17,24H,2,5-6,15-16H2/t24-/m0/s1. The zero-order chi connectivity index (χ0) is 25.9. The van der Waals surface area contributed by atoms with E-state index >= 15 is 0 Å². The highest BCUT2D eigenvalue weighted by molar-refractivity contribution is 7.89. The summed E-state index contributed by atoms with van der Waals surface area (Å²) in [5.74, 6) is 0.511. The Balaban J connectivity index is 1.39. The molecule has 1 atom stereocenters. The number of aryl methyl sites for hydroxylation is 1. The molecule has 0 saturated carbocycles. The number of benzene rings is 3. The molecule has 0 amide bonds. The van der Waals surface area contributed by atoms with Gasteiger partial charge in [0.05, 0.1) is 16.5 Å². The fraction of sp³-hybridized carbons (Fsp3) is 0.269. The van der Waals surface area contributed by atoms with Gasteiger partial charge in [-0.05, 0) is 85.5 Å². The van der Waals surface area contributed by atoms with E-state index in [1.165, 1.54) is 40.7 Å². The Bertz CT molecular complexity index is 1330. The highest BCUT2D eigenvalue weighted by Crippen LogP contribution is 2.32. The number of sulfonamides is 1. The van der Waals surface area contributed by atoms with Crippen LogP contribution in [-0.2, 0) is 27.4 Å². The lowest BCUT2D eigenvalue weighted by Gasteiger charge is -2.23. The summed E-state index contributed by atoms with van der Waals surface area (Å²) in [6.45, 7) is 0.276. The van der Waals surface area contributed by atoms with Crippen LogP contribution in [0.3, 0.4) is 0 Å². The number of carbonyl (C=O) groups is 1. The van der Waals surface area contributed by atoms with Crippen molar-refractivity contribution in [1.29, 1.82) is 0 Å². The second kappa shape index (κ2) is 10.6. The number of ketones is 1. The Hall–Kier alpha value is -2.88. The highest BCUT2D eigenvalue weighted by atomic mass is 35.5. The van der Waals surface area contributed by atoms with Gasteiger partial charge in [-0.1, -0.05) is 23.7 Å². The Morgan fingerprint density at radius 2 is 1.69 bits per heavy atom. The van der Waals surface area contributed by atoms with E-state index in [2.05, 4.69) is 0 Å². The van der Waals surface area contributed by atoms with Gasteiger partial charge in [0.25, 0.3) is 0 Å². The molecule has 0 aliphatic carbocycles. The van der Waals surface area contributed by atoms with Crippen LogP contribution in [0.25, 0.3) is 0 Å². The maximum Gasteiger partial charge on any atom is 0.416 e. The first kappa shape index (κ1) is 26.2. The third kappa shape index (κ3) is 6.08. The Morgan fingerprint density at radius 3 is 2.36 bits per heavy atom. The van der Waals surface area contributed by atoms with Crippen LogP contribution in [0.1, 0.15) is 30.4 Å². The number of Topliss-reactive ketones (excluding diaryl/α,β-unsaturated/α-hetero) is 1. The van der Waals surface area contributed by atoms with Crippen molar-refractivity contribution in [3.05, 3.63) is 88.9 Å². The number of halogens is 4. The zero-order valence-electron chi connectivity index (χ0n) is 19.0. The number of hydrogen-bond acceptors (Lipinski definition) is 4. The van der Waals surface area contributed by atoms with Crippen molar-refractivity contribution >= 4 is 27.4 Å². The van der Waals surface area contributed by atoms with E-state index in [1.807, 2.05) is 6.07 Å². The van der Waals surface area contributed by atoms with Gasteiger partial charge < -0.3 is 4.74 Å². The minimum Gasteiger partial charge on any atom is -0.457 e. The fourth-order valence-electron chi connectivity index (χ4n) is 4.14. The molecular formula is C26H23ClF3NO4S. The van der Waals surface area contributed by atoms with E-state index in [-0.39, 0.29) is 29.4 Å². The van der Waals surface area contributed by atoms with Gasteiger partial charge in [-0.25, -0.2) is 8.42 Å². The lowest BCUT2D eigenvalue weighted by Crippen LogP contribution is -2.40. The molecular weight excluding hydrogens is 515 g/mol. The first-order valence-corrected chi connectivity index (χ1v) is 13.1. The second-order valence-corrected chi connectivity index (χ2v) is 10.8. The van der Waals surface area contributed by atoms with Gasteiger partial charge in [0.2, 0.25) is 10.0 Å². The number of alkyl halides is 3. The Labute approximate surface area is 212 Å². The molecule has 10 heteroatoms. The molecule has 190 valence electrons. The van der Waals surface area contributed by atoms with Crippen LogP contribution in [-0.4, -0.2) is 31.1 Å². The smallest absolute Gasteiger partial charge is 0.416 e. The highest BCUT2D eigenvalue weighted by Gasteiger charge is 2.38. The predicted molar refractivity (Wildman–Crippen MR) is 130 cm³/mol. The van der Waals surface area contributed by atoms with Crippen molar-refractivity contribution in [2.45, 2.75) is 42.8 Å². The van der Waals surface area contributed by atoms with Crippen LogP contribution in [0, 0.1) is 0 Å². The number of carbonyl (C=O) groups excluding carboxylic acids is 1. The summed E-state index contributed by atoms with van der Waals surface area (Å²) in [6, 6.07) is 16.4. The summed E-state index contributed by atoms with van der Waals surface area (Å²) < 4.78 is 71.3. The third-order valence-corrected chi connectivity index (χ3v) is 8.15. The molecule has 1 aliphatic rings. The third-order valence-electron chi connectivity index (χ3n) is 5.97.